The summed E-state index contributed by atoms with van der Waals surface area (Å²) in [4.78, 5) is 14.8. The van der Waals surface area contributed by atoms with Crippen molar-refractivity contribution in [3.63, 3.8) is 0 Å². The van der Waals surface area contributed by atoms with Gasteiger partial charge in [-0.25, -0.2) is 4.79 Å². The minimum absolute atomic E-state index is 0.0802. The summed E-state index contributed by atoms with van der Waals surface area (Å²) in [6.07, 6.45) is 5.68. The van der Waals surface area contributed by atoms with Crippen molar-refractivity contribution in [3.05, 3.63) is 0 Å². The van der Waals surface area contributed by atoms with Crippen molar-refractivity contribution in [3.8, 4) is 0 Å². The van der Waals surface area contributed by atoms with E-state index in [0.717, 1.165) is 45.4 Å². The molecule has 0 aromatic heterocycles. The van der Waals surface area contributed by atoms with E-state index in [4.69, 9.17) is 4.74 Å². The molecule has 1 aliphatic rings. The van der Waals surface area contributed by atoms with E-state index in [9.17, 15) is 4.79 Å². The molecule has 0 heterocycles. The fourth-order valence-corrected chi connectivity index (χ4v) is 2.82. The van der Waals surface area contributed by atoms with Gasteiger partial charge >= 0.3 is 5.97 Å². The zero-order chi connectivity index (χ0) is 15.0. The highest BCUT2D eigenvalue weighted by Crippen LogP contribution is 2.41. The highest BCUT2D eigenvalue weighted by atomic mass is 16.5. The SMILES string of the molecule is CCCCN(CC)CC(NCCC)(C(=O)OC)C1CC1. The fraction of sp³-hybridized carbons (Fsp3) is 0.938. The van der Waals surface area contributed by atoms with Gasteiger partial charge in [-0.05, 0) is 51.2 Å². The standard InChI is InChI=1S/C16H32N2O2/c1-5-8-12-18(7-3)13-16(14-9-10-14,15(19)20-4)17-11-6-2/h14,17H,5-13H2,1-4H3. The van der Waals surface area contributed by atoms with Crippen LogP contribution in [-0.2, 0) is 9.53 Å². The molecule has 20 heavy (non-hydrogen) atoms. The summed E-state index contributed by atoms with van der Waals surface area (Å²) < 4.78 is 5.14. The molecule has 1 saturated carbocycles. The Labute approximate surface area is 124 Å². The zero-order valence-corrected chi connectivity index (χ0v) is 13.7. The van der Waals surface area contributed by atoms with Crippen LogP contribution in [0.2, 0.25) is 0 Å². The van der Waals surface area contributed by atoms with Gasteiger partial charge in [0.1, 0.15) is 5.54 Å². The van der Waals surface area contributed by atoms with Crippen LogP contribution in [0, 0.1) is 5.92 Å². The molecule has 1 aliphatic carbocycles. The van der Waals surface area contributed by atoms with E-state index in [-0.39, 0.29) is 5.97 Å². The molecular weight excluding hydrogens is 252 g/mol. The molecule has 1 fully saturated rings. The molecule has 0 bridgehead atoms. The Kier molecular flexibility index (Phi) is 7.52. The second kappa shape index (κ2) is 8.63. The predicted molar refractivity (Wildman–Crippen MR) is 82.8 cm³/mol. The average Bonchev–Trinajstić information content (AvgIpc) is 3.31. The monoisotopic (exact) mass is 284 g/mol. The molecular formula is C16H32N2O2. The van der Waals surface area contributed by atoms with E-state index >= 15 is 0 Å². The van der Waals surface area contributed by atoms with Gasteiger partial charge in [0.15, 0.2) is 0 Å². The van der Waals surface area contributed by atoms with Gasteiger partial charge in [0.2, 0.25) is 0 Å². The first-order chi connectivity index (χ1) is 9.64. The second-order valence-electron chi connectivity index (χ2n) is 5.89. The van der Waals surface area contributed by atoms with Crippen LogP contribution in [-0.4, -0.2) is 49.7 Å². The maximum Gasteiger partial charge on any atom is 0.327 e. The predicted octanol–water partition coefficient (Wildman–Crippen LogP) is 2.43. The molecule has 0 aliphatic heterocycles. The van der Waals surface area contributed by atoms with E-state index in [1.807, 2.05) is 0 Å². The van der Waals surface area contributed by atoms with Crippen molar-refractivity contribution < 1.29 is 9.53 Å². The molecule has 0 spiro atoms. The quantitative estimate of drug-likeness (QED) is 0.592. The Morgan fingerprint density at radius 1 is 1.30 bits per heavy atom. The minimum Gasteiger partial charge on any atom is -0.468 e. The van der Waals surface area contributed by atoms with Crippen molar-refractivity contribution >= 4 is 5.97 Å². The molecule has 1 atom stereocenters. The van der Waals surface area contributed by atoms with E-state index in [2.05, 4.69) is 31.0 Å². The lowest BCUT2D eigenvalue weighted by Gasteiger charge is -2.37. The van der Waals surface area contributed by atoms with Crippen molar-refractivity contribution in [2.75, 3.05) is 33.3 Å². The Bertz CT molecular complexity index is 292. The molecule has 1 unspecified atom stereocenters. The Morgan fingerprint density at radius 2 is 2.00 bits per heavy atom. The van der Waals surface area contributed by atoms with E-state index in [1.54, 1.807) is 0 Å². The summed E-state index contributed by atoms with van der Waals surface area (Å²) >= 11 is 0. The molecule has 118 valence electrons. The van der Waals surface area contributed by atoms with Crippen molar-refractivity contribution in [1.82, 2.24) is 10.2 Å². The summed E-state index contributed by atoms with van der Waals surface area (Å²) in [6, 6.07) is 0. The normalized spacial score (nSPS) is 18.1. The van der Waals surface area contributed by atoms with Crippen LogP contribution >= 0.6 is 0 Å². The van der Waals surface area contributed by atoms with Gasteiger partial charge in [-0.1, -0.05) is 27.2 Å². The number of hydrogen-bond acceptors (Lipinski definition) is 4. The first-order valence-corrected chi connectivity index (χ1v) is 8.20. The number of carbonyl (C=O) groups excluding carboxylic acids is 1. The fourth-order valence-electron chi connectivity index (χ4n) is 2.82. The first-order valence-electron chi connectivity index (χ1n) is 8.20. The summed E-state index contributed by atoms with van der Waals surface area (Å²) in [5.74, 6) is 0.362. The molecule has 0 aromatic rings. The Balaban J connectivity index is 2.80. The van der Waals surface area contributed by atoms with Crippen LogP contribution in [0.1, 0.15) is 52.9 Å². The maximum atomic E-state index is 12.4. The summed E-state index contributed by atoms with van der Waals surface area (Å²) in [5, 5.41) is 3.52. The highest BCUT2D eigenvalue weighted by molar-refractivity contribution is 5.82. The minimum atomic E-state index is -0.492. The number of unbranched alkanes of at least 4 members (excludes halogenated alkanes) is 1. The number of nitrogens with one attached hydrogen (secondary N) is 1. The van der Waals surface area contributed by atoms with Gasteiger partial charge in [-0.3, -0.25) is 0 Å². The number of esters is 1. The second-order valence-corrected chi connectivity index (χ2v) is 5.89. The first kappa shape index (κ1) is 17.4. The third kappa shape index (κ3) is 4.45. The van der Waals surface area contributed by atoms with E-state index < -0.39 is 5.54 Å². The molecule has 0 saturated heterocycles. The lowest BCUT2D eigenvalue weighted by atomic mass is 9.91. The molecule has 0 amide bonds. The summed E-state index contributed by atoms with van der Waals surface area (Å²) in [7, 11) is 1.51. The number of ether oxygens (including phenoxy) is 1. The molecule has 0 aromatic carbocycles. The number of hydrogen-bond donors (Lipinski definition) is 1. The third-order valence-electron chi connectivity index (χ3n) is 4.26. The highest BCUT2D eigenvalue weighted by Gasteiger charge is 2.52. The van der Waals surface area contributed by atoms with Gasteiger partial charge in [0, 0.05) is 6.54 Å². The lowest BCUT2D eigenvalue weighted by Crippen LogP contribution is -2.61. The van der Waals surface area contributed by atoms with Crippen LogP contribution in [0.5, 0.6) is 0 Å². The van der Waals surface area contributed by atoms with Crippen LogP contribution in [0.15, 0.2) is 0 Å². The van der Waals surface area contributed by atoms with Gasteiger partial charge in [0.25, 0.3) is 0 Å². The van der Waals surface area contributed by atoms with Crippen molar-refractivity contribution in [2.45, 2.75) is 58.4 Å². The van der Waals surface area contributed by atoms with Crippen LogP contribution in [0.3, 0.4) is 0 Å². The number of rotatable bonds is 11. The molecule has 1 rings (SSSR count). The number of likely N-dealkylation sites (N-methyl/N-ethyl adjacent to an activating group) is 1. The molecule has 0 radical (unpaired) electrons. The number of carbonyl (C=O) groups is 1. The van der Waals surface area contributed by atoms with Crippen LogP contribution in [0.4, 0.5) is 0 Å². The largest absolute Gasteiger partial charge is 0.468 e. The van der Waals surface area contributed by atoms with E-state index in [0.29, 0.717) is 5.92 Å². The van der Waals surface area contributed by atoms with E-state index in [1.165, 1.54) is 20.0 Å². The third-order valence-corrected chi connectivity index (χ3v) is 4.26. The average molecular weight is 284 g/mol. The summed E-state index contributed by atoms with van der Waals surface area (Å²) in [5.41, 5.74) is -0.492. The lowest BCUT2D eigenvalue weighted by molar-refractivity contribution is -0.150. The van der Waals surface area contributed by atoms with Gasteiger partial charge < -0.3 is 15.0 Å². The van der Waals surface area contributed by atoms with Crippen LogP contribution in [0.25, 0.3) is 0 Å². The number of nitrogens with zero attached hydrogens (tertiary/aromatic N) is 1. The molecule has 4 heteroatoms. The van der Waals surface area contributed by atoms with Gasteiger partial charge in [0.05, 0.1) is 7.11 Å². The van der Waals surface area contributed by atoms with Crippen LogP contribution < -0.4 is 5.32 Å². The van der Waals surface area contributed by atoms with Crippen molar-refractivity contribution in [2.24, 2.45) is 5.92 Å². The zero-order valence-electron chi connectivity index (χ0n) is 13.7. The topological polar surface area (TPSA) is 41.6 Å². The Hall–Kier alpha value is -0.610. The van der Waals surface area contributed by atoms with Gasteiger partial charge in [-0.15, -0.1) is 0 Å². The van der Waals surface area contributed by atoms with Gasteiger partial charge in [-0.2, -0.15) is 0 Å². The molecule has 4 nitrogen and oxygen atoms in total. The maximum absolute atomic E-state index is 12.4. The number of methoxy groups -OCH3 is 1. The summed E-state index contributed by atoms with van der Waals surface area (Å²) in [6.45, 7) is 10.2. The Morgan fingerprint density at radius 3 is 2.45 bits per heavy atom. The smallest absolute Gasteiger partial charge is 0.327 e. The van der Waals surface area contributed by atoms with Crippen molar-refractivity contribution in [1.29, 1.82) is 0 Å². The molecule has 1 N–H and O–H groups in total.